The third kappa shape index (κ3) is 5.91. The van der Waals surface area contributed by atoms with Gasteiger partial charge in [-0.05, 0) is 35.4 Å². The number of hydrogen-bond acceptors (Lipinski definition) is 7. The van der Waals surface area contributed by atoms with Crippen LogP contribution in [0.3, 0.4) is 0 Å². The van der Waals surface area contributed by atoms with Crippen LogP contribution in [0.2, 0.25) is 0 Å². The van der Waals surface area contributed by atoms with Gasteiger partial charge in [0.15, 0.2) is 0 Å². The second kappa shape index (κ2) is 10.0. The Morgan fingerprint density at radius 3 is 2.38 bits per heavy atom. The first-order valence-corrected chi connectivity index (χ1v) is 10.3. The number of carbonyl (C=O) groups is 1. The highest BCUT2D eigenvalue weighted by Gasteiger charge is 2.23. The summed E-state index contributed by atoms with van der Waals surface area (Å²) < 4.78 is 30.9. The summed E-state index contributed by atoms with van der Waals surface area (Å²) >= 11 is 0. The van der Waals surface area contributed by atoms with E-state index in [0.29, 0.717) is 18.5 Å². The molecule has 9 heteroatoms. The van der Waals surface area contributed by atoms with Gasteiger partial charge in [-0.3, -0.25) is 4.79 Å². The van der Waals surface area contributed by atoms with Crippen LogP contribution in [0.15, 0.2) is 35.5 Å². The van der Waals surface area contributed by atoms with E-state index in [-0.39, 0.29) is 16.9 Å². The molecule has 0 unspecified atom stereocenters. The zero-order valence-corrected chi connectivity index (χ0v) is 15.7. The highest BCUT2D eigenvalue weighted by molar-refractivity contribution is 7.91. The maximum absolute atomic E-state index is 12.5. The Kier molecular flexibility index (Phi) is 7.71. The number of para-hydroxylation sites is 1. The molecule has 142 valence electrons. The van der Waals surface area contributed by atoms with E-state index in [2.05, 4.69) is 20.3 Å². The average Bonchev–Trinajstić information content (AvgIpc) is 3.15. The second-order valence-corrected chi connectivity index (χ2v) is 7.98. The lowest BCUT2D eigenvalue weighted by molar-refractivity contribution is -0.140. The lowest BCUT2D eigenvalue weighted by Crippen LogP contribution is -2.14. The Balaban J connectivity index is 1.76. The monoisotopic (exact) mass is 380 g/mol. The minimum atomic E-state index is -3.54. The summed E-state index contributed by atoms with van der Waals surface area (Å²) in [4.78, 5) is 11.0. The Morgan fingerprint density at radius 2 is 1.69 bits per heavy atom. The number of esters is 1. The summed E-state index contributed by atoms with van der Waals surface area (Å²) in [5.41, 5.74) is 0.613. The minimum absolute atomic E-state index is 0.0162. The van der Waals surface area contributed by atoms with E-state index >= 15 is 0 Å². The fourth-order valence-electron chi connectivity index (χ4n) is 2.57. The van der Waals surface area contributed by atoms with Crippen molar-refractivity contribution in [3.05, 3.63) is 30.3 Å². The fourth-order valence-corrected chi connectivity index (χ4v) is 3.90. The van der Waals surface area contributed by atoms with Crippen molar-refractivity contribution in [2.75, 3.05) is 12.9 Å². The molecule has 0 N–H and O–H groups in total. The van der Waals surface area contributed by atoms with E-state index in [1.165, 1.54) is 11.8 Å². The van der Waals surface area contributed by atoms with Crippen molar-refractivity contribution in [2.45, 2.75) is 50.1 Å². The summed E-state index contributed by atoms with van der Waals surface area (Å²) in [6, 6.07) is 8.95. The highest BCUT2D eigenvalue weighted by atomic mass is 32.2. The van der Waals surface area contributed by atoms with Gasteiger partial charge in [-0.1, -0.05) is 49.0 Å². The molecule has 1 heterocycles. The van der Waals surface area contributed by atoms with Gasteiger partial charge in [0.1, 0.15) is 0 Å². The number of aromatic nitrogens is 4. The predicted octanol–water partition coefficient (Wildman–Crippen LogP) is 2.34. The molecule has 0 aliphatic rings. The van der Waals surface area contributed by atoms with Gasteiger partial charge in [-0.25, -0.2) is 8.42 Å². The first-order valence-electron chi connectivity index (χ1n) is 8.68. The number of ether oxygens (including phenoxy) is 1. The molecular formula is C17H24N4O4S. The largest absolute Gasteiger partial charge is 0.469 e. The molecule has 2 aromatic rings. The van der Waals surface area contributed by atoms with E-state index in [0.717, 1.165) is 32.1 Å². The molecule has 0 aliphatic heterocycles. The molecular weight excluding hydrogens is 356 g/mol. The zero-order valence-electron chi connectivity index (χ0n) is 14.9. The minimum Gasteiger partial charge on any atom is -0.469 e. The Bertz CT molecular complexity index is 790. The Morgan fingerprint density at radius 1 is 1.04 bits per heavy atom. The first kappa shape index (κ1) is 20.0. The van der Waals surface area contributed by atoms with Crippen molar-refractivity contribution < 1.29 is 17.9 Å². The van der Waals surface area contributed by atoms with E-state index in [9.17, 15) is 13.2 Å². The van der Waals surface area contributed by atoms with Crippen molar-refractivity contribution >= 4 is 15.8 Å². The first-order chi connectivity index (χ1) is 12.5. The van der Waals surface area contributed by atoms with Crippen molar-refractivity contribution in [1.29, 1.82) is 0 Å². The van der Waals surface area contributed by atoms with Crippen molar-refractivity contribution in [2.24, 2.45) is 0 Å². The molecule has 1 aromatic heterocycles. The van der Waals surface area contributed by atoms with Crippen molar-refractivity contribution in [1.82, 2.24) is 20.2 Å². The number of methoxy groups -OCH3 is 1. The smallest absolute Gasteiger partial charge is 0.305 e. The number of tetrazole rings is 1. The van der Waals surface area contributed by atoms with Gasteiger partial charge in [0.05, 0.1) is 18.6 Å². The molecule has 0 saturated carbocycles. The summed E-state index contributed by atoms with van der Waals surface area (Å²) in [7, 11) is -2.16. The van der Waals surface area contributed by atoms with Gasteiger partial charge in [0.25, 0.3) is 5.16 Å². The fraction of sp³-hybridized carbons (Fsp3) is 0.529. The van der Waals surface area contributed by atoms with Gasteiger partial charge < -0.3 is 4.74 Å². The molecule has 0 spiro atoms. The maximum Gasteiger partial charge on any atom is 0.305 e. The van der Waals surface area contributed by atoms with Crippen molar-refractivity contribution in [3.8, 4) is 5.69 Å². The molecule has 26 heavy (non-hydrogen) atoms. The van der Waals surface area contributed by atoms with Crippen LogP contribution in [-0.2, 0) is 19.4 Å². The molecule has 0 amide bonds. The molecule has 0 bridgehead atoms. The van der Waals surface area contributed by atoms with Crippen LogP contribution in [0.1, 0.15) is 44.9 Å². The van der Waals surface area contributed by atoms with Gasteiger partial charge in [0, 0.05) is 6.42 Å². The van der Waals surface area contributed by atoms with E-state index in [1.807, 2.05) is 6.07 Å². The van der Waals surface area contributed by atoms with E-state index in [4.69, 9.17) is 0 Å². The van der Waals surface area contributed by atoms with Crippen LogP contribution in [-0.4, -0.2) is 47.5 Å². The molecule has 2 rings (SSSR count). The number of hydrogen-bond donors (Lipinski definition) is 0. The van der Waals surface area contributed by atoms with Gasteiger partial charge in [-0.2, -0.15) is 4.68 Å². The Hall–Kier alpha value is -2.29. The summed E-state index contributed by atoms with van der Waals surface area (Å²) in [5.74, 6) is -0.172. The summed E-state index contributed by atoms with van der Waals surface area (Å²) in [5, 5.41) is 10.9. The number of unbranched alkanes of at least 4 members (excludes halogenated alkanes) is 5. The molecule has 0 saturated heterocycles. The lowest BCUT2D eigenvalue weighted by Gasteiger charge is -2.06. The van der Waals surface area contributed by atoms with Gasteiger partial charge in [-0.15, -0.1) is 0 Å². The predicted molar refractivity (Wildman–Crippen MR) is 95.5 cm³/mol. The average molecular weight is 380 g/mol. The summed E-state index contributed by atoms with van der Waals surface area (Å²) in [6.45, 7) is 0. The number of sulfone groups is 1. The zero-order chi connectivity index (χ0) is 18.8. The van der Waals surface area contributed by atoms with Crippen LogP contribution < -0.4 is 0 Å². The van der Waals surface area contributed by atoms with Crippen LogP contribution in [0, 0.1) is 0 Å². The Labute approximate surface area is 153 Å². The second-order valence-electron chi connectivity index (χ2n) is 5.98. The number of rotatable bonds is 11. The van der Waals surface area contributed by atoms with E-state index < -0.39 is 9.84 Å². The molecule has 1 aromatic carbocycles. The normalized spacial score (nSPS) is 11.4. The molecule has 8 nitrogen and oxygen atoms in total. The molecule has 0 atom stereocenters. The van der Waals surface area contributed by atoms with Gasteiger partial charge in [0.2, 0.25) is 9.84 Å². The number of benzene rings is 1. The maximum atomic E-state index is 12.5. The number of nitrogens with zero attached hydrogens (tertiary/aromatic N) is 4. The third-order valence-corrected chi connectivity index (χ3v) is 5.63. The molecule has 0 aliphatic carbocycles. The van der Waals surface area contributed by atoms with Crippen LogP contribution >= 0.6 is 0 Å². The van der Waals surface area contributed by atoms with E-state index in [1.54, 1.807) is 24.3 Å². The summed E-state index contributed by atoms with van der Waals surface area (Å²) in [6.07, 6.45) is 5.45. The quantitative estimate of drug-likeness (QED) is 0.435. The SMILES string of the molecule is COC(=O)CCCCCCCCS(=O)(=O)c1nnnn1-c1ccccc1. The standard InChI is InChI=1S/C17H24N4O4S/c1-25-16(22)13-9-4-2-3-5-10-14-26(23,24)17-18-19-20-21(17)15-11-7-6-8-12-15/h6-8,11-12H,2-5,9-10,13-14H2,1H3. The number of carbonyl (C=O) groups excluding carboxylic acids is 1. The third-order valence-electron chi connectivity index (χ3n) is 3.99. The van der Waals surface area contributed by atoms with Crippen molar-refractivity contribution in [3.63, 3.8) is 0 Å². The van der Waals surface area contributed by atoms with Crippen LogP contribution in [0.5, 0.6) is 0 Å². The molecule has 0 radical (unpaired) electrons. The van der Waals surface area contributed by atoms with Gasteiger partial charge >= 0.3 is 5.97 Å². The van der Waals surface area contributed by atoms with Crippen LogP contribution in [0.25, 0.3) is 5.69 Å². The topological polar surface area (TPSA) is 104 Å². The highest BCUT2D eigenvalue weighted by Crippen LogP contribution is 2.15. The van der Waals surface area contributed by atoms with Crippen LogP contribution in [0.4, 0.5) is 0 Å². The molecule has 0 fully saturated rings. The lowest BCUT2D eigenvalue weighted by atomic mass is 10.1.